The fourth-order valence-electron chi connectivity index (χ4n) is 2.37. The van der Waals surface area contributed by atoms with Crippen molar-refractivity contribution in [1.82, 2.24) is 4.98 Å². The van der Waals surface area contributed by atoms with Crippen molar-refractivity contribution < 1.29 is 9.84 Å². The van der Waals surface area contributed by atoms with Gasteiger partial charge >= 0.3 is 0 Å². The van der Waals surface area contributed by atoms with Gasteiger partial charge in [0.1, 0.15) is 33.3 Å². The Morgan fingerprint density at radius 1 is 1.50 bits per heavy atom. The number of aromatic amines is 1. The van der Waals surface area contributed by atoms with E-state index in [1.807, 2.05) is 6.07 Å². The first-order valence-corrected chi connectivity index (χ1v) is 8.07. The van der Waals surface area contributed by atoms with Crippen molar-refractivity contribution in [3.05, 3.63) is 57.2 Å². The van der Waals surface area contributed by atoms with E-state index in [2.05, 4.69) is 11.6 Å². The second-order valence-corrected chi connectivity index (χ2v) is 6.49. The van der Waals surface area contributed by atoms with Gasteiger partial charge in [-0.1, -0.05) is 36.4 Å². The Balaban J connectivity index is 2.27. The topological polar surface area (TPSA) is 86.1 Å². The van der Waals surface area contributed by atoms with E-state index < -0.39 is 5.56 Å². The lowest BCUT2D eigenvalue weighted by Gasteiger charge is -2.07. The fraction of sp³-hybridized carbons (Fsp3) is 0.0588. The number of H-pyrrole nitrogens is 1. The number of ether oxygens (including phenoxy) is 1. The van der Waals surface area contributed by atoms with Gasteiger partial charge in [0.15, 0.2) is 5.56 Å². The standard InChI is InChI=1S/C17H11ClN2O3S/c1-2-6-23-10-5-3-4-9(7-10)12-13-14(21)11(8-19)16(22)20-17(13)24-15(12)18/h2-5,7H,1,6H2,(H2,20,21,22). The number of benzene rings is 1. The molecule has 3 rings (SSSR count). The van der Waals surface area contributed by atoms with Crippen molar-refractivity contribution in [2.24, 2.45) is 0 Å². The van der Waals surface area contributed by atoms with Gasteiger partial charge in [0.2, 0.25) is 0 Å². The van der Waals surface area contributed by atoms with Gasteiger partial charge in [-0.2, -0.15) is 5.26 Å². The van der Waals surface area contributed by atoms with Gasteiger partial charge in [0.25, 0.3) is 5.56 Å². The molecule has 1 aromatic carbocycles. The summed E-state index contributed by atoms with van der Waals surface area (Å²) in [4.78, 5) is 14.8. The highest BCUT2D eigenvalue weighted by Gasteiger charge is 2.21. The molecule has 5 nitrogen and oxygen atoms in total. The second-order valence-electron chi connectivity index (χ2n) is 4.87. The highest BCUT2D eigenvalue weighted by Crippen LogP contribution is 2.45. The fourth-order valence-corrected chi connectivity index (χ4v) is 3.75. The van der Waals surface area contributed by atoms with Crippen LogP contribution in [0.4, 0.5) is 0 Å². The highest BCUT2D eigenvalue weighted by molar-refractivity contribution is 7.23. The Hall–Kier alpha value is -2.75. The molecule has 0 fully saturated rings. The molecule has 0 bridgehead atoms. The third-order valence-electron chi connectivity index (χ3n) is 3.40. The van der Waals surface area contributed by atoms with Gasteiger partial charge in [0, 0.05) is 5.56 Å². The van der Waals surface area contributed by atoms with E-state index in [4.69, 9.17) is 21.6 Å². The molecule has 2 heterocycles. The summed E-state index contributed by atoms with van der Waals surface area (Å²) in [5.41, 5.74) is 0.275. The number of nitrogens with zero attached hydrogens (tertiary/aromatic N) is 1. The van der Waals surface area contributed by atoms with Crippen molar-refractivity contribution in [2.75, 3.05) is 6.61 Å². The Morgan fingerprint density at radius 2 is 2.29 bits per heavy atom. The molecule has 0 saturated carbocycles. The molecule has 2 N–H and O–H groups in total. The lowest BCUT2D eigenvalue weighted by Crippen LogP contribution is -2.09. The van der Waals surface area contributed by atoms with Crippen LogP contribution >= 0.6 is 22.9 Å². The van der Waals surface area contributed by atoms with Crippen LogP contribution in [0.15, 0.2) is 41.7 Å². The molecule has 3 aromatic rings. The number of aromatic nitrogens is 1. The van der Waals surface area contributed by atoms with Gasteiger partial charge in [0.05, 0.1) is 5.39 Å². The number of pyridine rings is 1. The zero-order chi connectivity index (χ0) is 17.3. The van der Waals surface area contributed by atoms with Crippen LogP contribution in [0.25, 0.3) is 21.3 Å². The van der Waals surface area contributed by atoms with Crippen LogP contribution in [-0.4, -0.2) is 16.7 Å². The van der Waals surface area contributed by atoms with Crippen molar-refractivity contribution in [1.29, 1.82) is 5.26 Å². The van der Waals surface area contributed by atoms with Crippen LogP contribution in [0.5, 0.6) is 11.5 Å². The van der Waals surface area contributed by atoms with Crippen molar-refractivity contribution >= 4 is 33.2 Å². The lowest BCUT2D eigenvalue weighted by molar-refractivity contribution is 0.363. The lowest BCUT2D eigenvalue weighted by atomic mass is 10.0. The van der Waals surface area contributed by atoms with E-state index in [1.54, 1.807) is 30.3 Å². The molecule has 7 heteroatoms. The summed E-state index contributed by atoms with van der Waals surface area (Å²) in [6.07, 6.45) is 1.63. The number of thiophene rings is 1. The second kappa shape index (κ2) is 6.40. The number of fused-ring (bicyclic) bond motifs is 1. The zero-order valence-electron chi connectivity index (χ0n) is 12.3. The molecule has 0 radical (unpaired) electrons. The van der Waals surface area contributed by atoms with E-state index >= 15 is 0 Å². The maximum atomic E-state index is 11.8. The number of nitrogens with one attached hydrogen (secondary N) is 1. The number of nitriles is 1. The van der Waals surface area contributed by atoms with Crippen LogP contribution in [0.3, 0.4) is 0 Å². The Kier molecular flexibility index (Phi) is 4.30. The molecule has 0 atom stereocenters. The maximum Gasteiger partial charge on any atom is 0.270 e. The average molecular weight is 359 g/mol. The minimum Gasteiger partial charge on any atom is -0.506 e. The molecule has 0 aliphatic carbocycles. The third-order valence-corrected chi connectivity index (χ3v) is 4.71. The molecule has 24 heavy (non-hydrogen) atoms. The predicted octanol–water partition coefficient (Wildman–Crippen LogP) is 4.05. The van der Waals surface area contributed by atoms with E-state index in [1.165, 1.54) is 0 Å². The SMILES string of the molecule is C=CCOc1cccc(-c2c(Cl)sc3[nH]c(=O)c(C#N)c(O)c23)c1. The first-order valence-electron chi connectivity index (χ1n) is 6.88. The molecular formula is C17H11ClN2O3S. The average Bonchev–Trinajstić information content (AvgIpc) is 2.89. The minimum absolute atomic E-state index is 0.336. The maximum absolute atomic E-state index is 11.8. The largest absolute Gasteiger partial charge is 0.506 e. The molecule has 0 aliphatic heterocycles. The van der Waals surface area contributed by atoms with Crippen molar-refractivity contribution in [3.8, 4) is 28.7 Å². The van der Waals surface area contributed by atoms with Crippen LogP contribution in [0.2, 0.25) is 4.34 Å². The predicted molar refractivity (Wildman–Crippen MR) is 95.0 cm³/mol. The van der Waals surface area contributed by atoms with Crippen molar-refractivity contribution in [2.45, 2.75) is 0 Å². The van der Waals surface area contributed by atoms with Gasteiger partial charge in [-0.25, -0.2) is 0 Å². The molecule has 2 aromatic heterocycles. The quantitative estimate of drug-likeness (QED) is 0.689. The van der Waals surface area contributed by atoms with Crippen LogP contribution in [0.1, 0.15) is 5.56 Å². The summed E-state index contributed by atoms with van der Waals surface area (Å²) in [6.45, 7) is 3.96. The highest BCUT2D eigenvalue weighted by atomic mass is 35.5. The first-order chi connectivity index (χ1) is 11.6. The monoisotopic (exact) mass is 358 g/mol. The number of rotatable bonds is 4. The normalized spacial score (nSPS) is 10.5. The van der Waals surface area contributed by atoms with Crippen LogP contribution in [0, 0.1) is 11.3 Å². The van der Waals surface area contributed by atoms with Gasteiger partial charge in [-0.3, -0.25) is 4.79 Å². The van der Waals surface area contributed by atoms with Crippen LogP contribution in [-0.2, 0) is 0 Å². The number of hydrogen-bond donors (Lipinski definition) is 2. The molecule has 0 spiro atoms. The Bertz CT molecular complexity index is 1050. The number of aromatic hydroxyl groups is 1. The van der Waals surface area contributed by atoms with Gasteiger partial charge < -0.3 is 14.8 Å². The number of halogens is 1. The van der Waals surface area contributed by atoms with Gasteiger partial charge in [-0.15, -0.1) is 11.3 Å². The van der Waals surface area contributed by atoms with E-state index in [0.717, 1.165) is 11.3 Å². The summed E-state index contributed by atoms with van der Waals surface area (Å²) >= 11 is 7.45. The Morgan fingerprint density at radius 3 is 3.00 bits per heavy atom. The number of hydrogen-bond acceptors (Lipinski definition) is 5. The Labute approximate surface area is 146 Å². The first kappa shape index (κ1) is 16.1. The molecule has 120 valence electrons. The van der Waals surface area contributed by atoms with Gasteiger partial charge in [-0.05, 0) is 17.7 Å². The van der Waals surface area contributed by atoms with E-state index in [0.29, 0.717) is 38.0 Å². The molecule has 0 saturated heterocycles. The van der Waals surface area contributed by atoms with Crippen molar-refractivity contribution in [3.63, 3.8) is 0 Å². The zero-order valence-corrected chi connectivity index (χ0v) is 13.9. The molecular weight excluding hydrogens is 348 g/mol. The third kappa shape index (κ3) is 2.64. The smallest absolute Gasteiger partial charge is 0.270 e. The summed E-state index contributed by atoms with van der Waals surface area (Å²) in [5, 5.41) is 19.8. The molecule has 0 aliphatic rings. The summed E-state index contributed by atoms with van der Waals surface area (Å²) < 4.78 is 5.90. The molecule has 0 amide bonds. The van der Waals surface area contributed by atoms with E-state index in [-0.39, 0.29) is 11.3 Å². The summed E-state index contributed by atoms with van der Waals surface area (Å²) in [7, 11) is 0. The molecule has 0 unspecified atom stereocenters. The summed E-state index contributed by atoms with van der Waals surface area (Å²) in [5.74, 6) is 0.249. The summed E-state index contributed by atoms with van der Waals surface area (Å²) in [6, 6.07) is 8.88. The van der Waals surface area contributed by atoms with Crippen LogP contribution < -0.4 is 10.3 Å². The minimum atomic E-state index is -0.643. The van der Waals surface area contributed by atoms with E-state index in [9.17, 15) is 9.90 Å².